The minimum absolute atomic E-state index is 0.0220. The minimum atomic E-state index is 0.0220. The Morgan fingerprint density at radius 1 is 1.05 bits per heavy atom. The van der Waals surface area contributed by atoms with Crippen molar-refractivity contribution in [3.05, 3.63) is 70.8 Å². The van der Waals surface area contributed by atoms with Crippen molar-refractivity contribution in [2.24, 2.45) is 0 Å². The quantitative estimate of drug-likeness (QED) is 0.878. The first-order valence-electron chi connectivity index (χ1n) is 8.69. The van der Waals surface area contributed by atoms with E-state index in [1.54, 1.807) is 5.56 Å². The summed E-state index contributed by atoms with van der Waals surface area (Å²) in [6.07, 6.45) is 5.06. The summed E-state index contributed by atoms with van der Waals surface area (Å²) in [7, 11) is 2.21. The smallest absolute Gasteiger partial charge is 0.145 e. The highest BCUT2D eigenvalue weighted by atomic mass is 14.9. The predicted octanol–water partition coefficient (Wildman–Crippen LogP) is 3.97. The molecule has 0 saturated heterocycles. The van der Waals surface area contributed by atoms with Gasteiger partial charge in [0.25, 0.3) is 0 Å². The first-order valence-corrected chi connectivity index (χ1v) is 8.69. The molecule has 0 heterocycles. The molecule has 22 heavy (non-hydrogen) atoms. The van der Waals surface area contributed by atoms with Crippen molar-refractivity contribution in [1.29, 1.82) is 0 Å². The van der Waals surface area contributed by atoms with E-state index in [9.17, 15) is 0 Å². The van der Waals surface area contributed by atoms with Gasteiger partial charge in [-0.3, -0.25) is 0 Å². The first kappa shape index (κ1) is 15.3. The van der Waals surface area contributed by atoms with Crippen LogP contribution in [0.5, 0.6) is 0 Å². The maximum atomic E-state index is 2.38. The van der Waals surface area contributed by atoms with Gasteiger partial charge in [0.1, 0.15) is 5.54 Å². The van der Waals surface area contributed by atoms with Gasteiger partial charge in [-0.05, 0) is 36.8 Å². The van der Waals surface area contributed by atoms with Crippen LogP contribution in [-0.4, -0.2) is 7.05 Å². The summed E-state index contributed by atoms with van der Waals surface area (Å²) >= 11 is 0. The number of hydrogen-bond acceptors (Lipinski definition) is 0. The molecule has 0 fully saturated rings. The van der Waals surface area contributed by atoms with Crippen molar-refractivity contribution in [1.82, 2.24) is 0 Å². The Kier molecular flexibility index (Phi) is 4.35. The lowest BCUT2D eigenvalue weighted by Crippen LogP contribution is -2.91. The second kappa shape index (κ2) is 6.26. The lowest BCUT2D eigenvalue weighted by atomic mass is 9.81. The molecular weight excluding hydrogens is 266 g/mol. The molecule has 0 bridgehead atoms. The van der Waals surface area contributed by atoms with Gasteiger partial charge in [0.2, 0.25) is 0 Å². The molecule has 2 atom stereocenters. The number of hydrogen-bond donors (Lipinski definition) is 1. The zero-order valence-corrected chi connectivity index (χ0v) is 14.1. The monoisotopic (exact) mass is 294 g/mol. The molecule has 2 aromatic carbocycles. The lowest BCUT2D eigenvalue weighted by Gasteiger charge is -2.29. The molecule has 0 aliphatic heterocycles. The van der Waals surface area contributed by atoms with E-state index in [-0.39, 0.29) is 5.54 Å². The van der Waals surface area contributed by atoms with Gasteiger partial charge in [-0.1, -0.05) is 68.3 Å². The summed E-state index contributed by atoms with van der Waals surface area (Å²) in [5.74, 6) is 0.652. The van der Waals surface area contributed by atoms with Crippen LogP contribution in [0.1, 0.15) is 61.3 Å². The SMILES string of the molecule is CCCCC1Cc2ccccc2C(C)([NH2+]C)c2ccccc21. The summed E-state index contributed by atoms with van der Waals surface area (Å²) in [4.78, 5) is 0. The molecule has 0 amide bonds. The Bertz CT molecular complexity index is 646. The Hall–Kier alpha value is -1.60. The number of fused-ring (bicyclic) bond motifs is 2. The Morgan fingerprint density at radius 2 is 1.73 bits per heavy atom. The van der Waals surface area contributed by atoms with Crippen LogP contribution >= 0.6 is 0 Å². The van der Waals surface area contributed by atoms with Crippen LogP contribution in [0.25, 0.3) is 0 Å². The van der Waals surface area contributed by atoms with Gasteiger partial charge in [-0.2, -0.15) is 0 Å². The largest absolute Gasteiger partial charge is 0.336 e. The predicted molar refractivity (Wildman–Crippen MR) is 93.2 cm³/mol. The number of nitrogens with two attached hydrogens (primary N) is 1. The van der Waals surface area contributed by atoms with Gasteiger partial charge < -0.3 is 5.32 Å². The van der Waals surface area contributed by atoms with E-state index in [1.807, 2.05) is 0 Å². The van der Waals surface area contributed by atoms with E-state index >= 15 is 0 Å². The molecule has 2 N–H and O–H groups in total. The third-order valence-corrected chi connectivity index (χ3v) is 5.49. The van der Waals surface area contributed by atoms with Gasteiger partial charge in [0.15, 0.2) is 0 Å². The maximum Gasteiger partial charge on any atom is 0.145 e. The minimum Gasteiger partial charge on any atom is -0.336 e. The van der Waals surface area contributed by atoms with Gasteiger partial charge in [0.05, 0.1) is 7.05 Å². The molecule has 0 aromatic heterocycles. The van der Waals surface area contributed by atoms with Crippen LogP contribution in [0.2, 0.25) is 0 Å². The third-order valence-electron chi connectivity index (χ3n) is 5.49. The van der Waals surface area contributed by atoms with Crippen LogP contribution < -0.4 is 5.32 Å². The van der Waals surface area contributed by atoms with E-state index < -0.39 is 0 Å². The molecule has 116 valence electrons. The van der Waals surface area contributed by atoms with Crippen molar-refractivity contribution in [3.8, 4) is 0 Å². The second-order valence-electron chi connectivity index (χ2n) is 6.78. The molecule has 1 aliphatic rings. The topological polar surface area (TPSA) is 16.6 Å². The molecule has 3 rings (SSSR count). The Balaban J connectivity index is 2.19. The average molecular weight is 294 g/mol. The van der Waals surface area contributed by atoms with Crippen molar-refractivity contribution in [2.75, 3.05) is 7.05 Å². The van der Waals surface area contributed by atoms with Crippen molar-refractivity contribution >= 4 is 0 Å². The van der Waals surface area contributed by atoms with E-state index in [0.717, 1.165) is 0 Å². The molecule has 2 unspecified atom stereocenters. The van der Waals surface area contributed by atoms with Gasteiger partial charge in [-0.15, -0.1) is 0 Å². The van der Waals surface area contributed by atoms with Crippen LogP contribution in [0, 0.1) is 0 Å². The summed E-state index contributed by atoms with van der Waals surface area (Å²) in [6.45, 7) is 4.67. The molecule has 1 nitrogen and oxygen atoms in total. The van der Waals surface area contributed by atoms with E-state index in [0.29, 0.717) is 5.92 Å². The van der Waals surface area contributed by atoms with Gasteiger partial charge in [-0.25, -0.2) is 0 Å². The van der Waals surface area contributed by atoms with Gasteiger partial charge in [0, 0.05) is 11.1 Å². The maximum absolute atomic E-state index is 2.38. The molecule has 0 spiro atoms. The highest BCUT2D eigenvalue weighted by Crippen LogP contribution is 2.41. The van der Waals surface area contributed by atoms with Crippen LogP contribution in [0.4, 0.5) is 0 Å². The Morgan fingerprint density at radius 3 is 2.45 bits per heavy atom. The fourth-order valence-corrected chi connectivity index (χ4v) is 4.07. The van der Waals surface area contributed by atoms with Crippen LogP contribution in [-0.2, 0) is 12.0 Å². The highest BCUT2D eigenvalue weighted by molar-refractivity contribution is 5.48. The zero-order chi connectivity index (χ0) is 15.6. The fraction of sp³-hybridized carbons (Fsp3) is 0.429. The summed E-state index contributed by atoms with van der Waals surface area (Å²) in [6, 6.07) is 18.2. The fourth-order valence-electron chi connectivity index (χ4n) is 4.07. The van der Waals surface area contributed by atoms with Gasteiger partial charge >= 0.3 is 0 Å². The molecular formula is C21H28N+. The zero-order valence-electron chi connectivity index (χ0n) is 14.1. The highest BCUT2D eigenvalue weighted by Gasteiger charge is 2.39. The van der Waals surface area contributed by atoms with Crippen molar-refractivity contribution in [2.45, 2.75) is 51.0 Å². The van der Waals surface area contributed by atoms with E-state index in [4.69, 9.17) is 0 Å². The standard InChI is InChI=1S/C21H27N/c1-4-5-10-16-15-17-11-6-8-13-19(17)21(2,22-3)20-14-9-7-12-18(16)20/h6-9,11-14,16,22H,4-5,10,15H2,1-3H3/p+1. The van der Waals surface area contributed by atoms with Crippen LogP contribution in [0.15, 0.2) is 48.5 Å². The Labute approximate surface area is 134 Å². The second-order valence-corrected chi connectivity index (χ2v) is 6.78. The molecule has 0 saturated carbocycles. The normalized spacial score (nSPS) is 23.5. The first-order chi connectivity index (χ1) is 10.7. The molecule has 0 radical (unpaired) electrons. The van der Waals surface area contributed by atoms with Crippen molar-refractivity contribution in [3.63, 3.8) is 0 Å². The van der Waals surface area contributed by atoms with Crippen molar-refractivity contribution < 1.29 is 5.32 Å². The number of quaternary nitrogens is 1. The average Bonchev–Trinajstić information content (AvgIpc) is 2.68. The van der Waals surface area contributed by atoms with E-state index in [2.05, 4.69) is 74.7 Å². The number of rotatable bonds is 4. The molecule has 1 aliphatic carbocycles. The number of unbranched alkanes of at least 4 members (excludes halogenated alkanes) is 1. The third kappa shape index (κ3) is 2.48. The summed E-state index contributed by atoms with van der Waals surface area (Å²) < 4.78 is 0. The lowest BCUT2D eigenvalue weighted by molar-refractivity contribution is -0.698. The van der Waals surface area contributed by atoms with Crippen LogP contribution in [0.3, 0.4) is 0 Å². The summed E-state index contributed by atoms with van der Waals surface area (Å²) in [5.41, 5.74) is 6.11. The summed E-state index contributed by atoms with van der Waals surface area (Å²) in [5, 5.41) is 2.38. The molecule has 2 aromatic rings. The molecule has 1 heteroatoms. The van der Waals surface area contributed by atoms with E-state index in [1.165, 1.54) is 42.4 Å². The number of benzene rings is 2.